The molecule has 0 bridgehead atoms. The van der Waals surface area contributed by atoms with E-state index < -0.39 is 11.5 Å². The summed E-state index contributed by atoms with van der Waals surface area (Å²) >= 11 is 0. The van der Waals surface area contributed by atoms with Crippen molar-refractivity contribution in [3.05, 3.63) is 45.7 Å². The van der Waals surface area contributed by atoms with Crippen LogP contribution in [0.3, 0.4) is 0 Å². The smallest absolute Gasteiger partial charge is 0.278 e. The predicted octanol–water partition coefficient (Wildman–Crippen LogP) is 2.79. The molecule has 0 aliphatic rings. The van der Waals surface area contributed by atoms with Gasteiger partial charge in [-0.25, -0.2) is 9.67 Å². The molecule has 1 amide bonds. The standard InChI is InChI=1S/C21H32N6O2/c1-7-9-11-23-17(10-8-2)25-18(28)13-27-21(29)16(12-24-15(5)6)19(22)20(26-27)14(3)4/h7,9-12,14-15H,8,13,22H2,1-6H3,(H,25,28)/b9-7-,17-10-,23-11-,24-12?. The fraction of sp³-hybridized carbons (Fsp3) is 0.476. The summed E-state index contributed by atoms with van der Waals surface area (Å²) in [5.41, 5.74) is 6.81. The Hall–Kier alpha value is -3.03. The molecular formula is C21H32N6O2. The SMILES string of the molecule is C\C=C/C=N\C(=C\CC)NC(=O)Cn1nc(C(C)C)c(N)c(C=NC(C)C)c1=O. The molecule has 1 aromatic heterocycles. The van der Waals surface area contributed by atoms with Crippen molar-refractivity contribution in [2.45, 2.75) is 66.5 Å². The zero-order valence-electron chi connectivity index (χ0n) is 18.1. The zero-order valence-corrected chi connectivity index (χ0v) is 18.1. The minimum Gasteiger partial charge on any atom is -0.396 e. The number of allylic oxidation sites excluding steroid dienone is 3. The number of nitrogens with zero attached hydrogens (tertiary/aromatic N) is 4. The minimum absolute atomic E-state index is 0.0120. The van der Waals surface area contributed by atoms with Crippen molar-refractivity contribution in [1.82, 2.24) is 15.1 Å². The molecule has 0 saturated heterocycles. The van der Waals surface area contributed by atoms with Gasteiger partial charge in [0, 0.05) is 18.5 Å². The summed E-state index contributed by atoms with van der Waals surface area (Å²) in [6.07, 6.45) is 9.14. The average Bonchev–Trinajstić information content (AvgIpc) is 2.63. The molecule has 0 aliphatic heterocycles. The van der Waals surface area contributed by atoms with Crippen LogP contribution in [0.2, 0.25) is 0 Å². The number of hydrogen-bond acceptors (Lipinski definition) is 6. The molecule has 0 aliphatic carbocycles. The summed E-state index contributed by atoms with van der Waals surface area (Å²) in [4.78, 5) is 33.8. The van der Waals surface area contributed by atoms with Crippen LogP contribution in [0.1, 0.15) is 65.1 Å². The van der Waals surface area contributed by atoms with Gasteiger partial charge in [0.2, 0.25) is 5.91 Å². The monoisotopic (exact) mass is 400 g/mol. The van der Waals surface area contributed by atoms with Crippen LogP contribution in [-0.4, -0.2) is 34.2 Å². The largest absolute Gasteiger partial charge is 0.396 e. The van der Waals surface area contributed by atoms with Gasteiger partial charge in [-0.3, -0.25) is 14.6 Å². The minimum atomic E-state index is -0.454. The number of carbonyl (C=O) groups excluding carboxylic acids is 1. The van der Waals surface area contributed by atoms with Crippen molar-refractivity contribution in [3.63, 3.8) is 0 Å². The van der Waals surface area contributed by atoms with Crippen molar-refractivity contribution in [2.75, 3.05) is 5.73 Å². The number of amides is 1. The summed E-state index contributed by atoms with van der Waals surface area (Å²) in [6, 6.07) is 0.0120. The van der Waals surface area contributed by atoms with E-state index in [1.807, 2.05) is 47.6 Å². The molecular weight excluding hydrogens is 368 g/mol. The fourth-order valence-electron chi connectivity index (χ4n) is 2.36. The predicted molar refractivity (Wildman–Crippen MR) is 120 cm³/mol. The number of nitrogen functional groups attached to an aromatic ring is 1. The number of hydrogen-bond donors (Lipinski definition) is 2. The highest BCUT2D eigenvalue weighted by Crippen LogP contribution is 2.19. The van der Waals surface area contributed by atoms with Crippen molar-refractivity contribution < 1.29 is 4.79 Å². The van der Waals surface area contributed by atoms with E-state index in [4.69, 9.17) is 5.73 Å². The maximum absolute atomic E-state index is 12.8. The van der Waals surface area contributed by atoms with Crippen LogP contribution in [0.25, 0.3) is 0 Å². The van der Waals surface area contributed by atoms with E-state index >= 15 is 0 Å². The molecule has 0 saturated carbocycles. The lowest BCUT2D eigenvalue weighted by atomic mass is 10.1. The van der Waals surface area contributed by atoms with E-state index in [1.165, 1.54) is 6.21 Å². The molecule has 1 aromatic rings. The molecule has 1 rings (SSSR count). The lowest BCUT2D eigenvalue weighted by molar-refractivity contribution is -0.121. The normalized spacial score (nSPS) is 12.9. The molecule has 0 fully saturated rings. The van der Waals surface area contributed by atoms with E-state index in [0.29, 0.717) is 23.6 Å². The van der Waals surface area contributed by atoms with Gasteiger partial charge in [-0.1, -0.05) is 26.8 Å². The summed E-state index contributed by atoms with van der Waals surface area (Å²) in [5.74, 6) is 0.00464. The highest BCUT2D eigenvalue weighted by molar-refractivity contribution is 5.87. The average molecular weight is 401 g/mol. The first-order chi connectivity index (χ1) is 13.7. The Kier molecular flexibility index (Phi) is 9.71. The van der Waals surface area contributed by atoms with E-state index in [1.54, 1.807) is 18.4 Å². The number of aliphatic imine (C=N–C) groups is 2. The van der Waals surface area contributed by atoms with Gasteiger partial charge >= 0.3 is 0 Å². The third-order valence-corrected chi connectivity index (χ3v) is 3.76. The lowest BCUT2D eigenvalue weighted by Crippen LogP contribution is -2.36. The lowest BCUT2D eigenvalue weighted by Gasteiger charge is -2.14. The molecule has 0 atom stereocenters. The van der Waals surface area contributed by atoms with Crippen molar-refractivity contribution in [3.8, 4) is 0 Å². The maximum atomic E-state index is 12.8. The van der Waals surface area contributed by atoms with Crippen molar-refractivity contribution in [2.24, 2.45) is 9.98 Å². The second-order valence-electron chi connectivity index (χ2n) is 7.05. The topological polar surface area (TPSA) is 115 Å². The molecule has 0 radical (unpaired) electrons. The van der Waals surface area contributed by atoms with Crippen LogP contribution in [0.15, 0.2) is 38.8 Å². The first-order valence-corrected chi connectivity index (χ1v) is 9.80. The Morgan fingerprint density at radius 2 is 2.00 bits per heavy atom. The number of rotatable bonds is 9. The van der Waals surface area contributed by atoms with Gasteiger partial charge in [0.1, 0.15) is 12.4 Å². The summed E-state index contributed by atoms with van der Waals surface area (Å²) in [5, 5.41) is 7.03. The number of anilines is 1. The molecule has 29 heavy (non-hydrogen) atoms. The van der Waals surface area contributed by atoms with Gasteiger partial charge in [-0.15, -0.1) is 0 Å². The van der Waals surface area contributed by atoms with Crippen LogP contribution in [0.5, 0.6) is 0 Å². The molecule has 3 N–H and O–H groups in total. The fourth-order valence-corrected chi connectivity index (χ4v) is 2.36. The third kappa shape index (κ3) is 7.48. The first kappa shape index (κ1) is 24.0. The molecule has 158 valence electrons. The van der Waals surface area contributed by atoms with Crippen LogP contribution >= 0.6 is 0 Å². The maximum Gasteiger partial charge on any atom is 0.278 e. The Labute approximate surface area is 172 Å². The number of carbonyl (C=O) groups is 1. The molecule has 0 unspecified atom stereocenters. The number of aromatic nitrogens is 2. The van der Waals surface area contributed by atoms with Gasteiger partial charge in [-0.05, 0) is 45.3 Å². The first-order valence-electron chi connectivity index (χ1n) is 9.80. The highest BCUT2D eigenvalue weighted by Gasteiger charge is 2.18. The molecule has 8 heteroatoms. The quantitative estimate of drug-likeness (QED) is 0.620. The molecule has 0 spiro atoms. The Morgan fingerprint density at radius 3 is 2.55 bits per heavy atom. The number of nitrogens with one attached hydrogen (secondary N) is 1. The second-order valence-corrected chi connectivity index (χ2v) is 7.05. The number of nitrogens with two attached hydrogens (primary N) is 1. The summed E-state index contributed by atoms with van der Waals surface area (Å²) < 4.78 is 1.13. The van der Waals surface area contributed by atoms with Gasteiger partial charge in [0.25, 0.3) is 5.56 Å². The Morgan fingerprint density at radius 1 is 1.31 bits per heavy atom. The van der Waals surface area contributed by atoms with Gasteiger partial charge in [0.15, 0.2) is 0 Å². The Balaban J connectivity index is 3.24. The summed E-state index contributed by atoms with van der Waals surface area (Å²) in [7, 11) is 0. The van der Waals surface area contributed by atoms with Gasteiger partial charge in [-0.2, -0.15) is 5.10 Å². The molecule has 8 nitrogen and oxygen atoms in total. The summed E-state index contributed by atoms with van der Waals surface area (Å²) in [6.45, 7) is 11.2. The highest BCUT2D eigenvalue weighted by atomic mass is 16.2. The van der Waals surface area contributed by atoms with Crippen molar-refractivity contribution >= 4 is 24.0 Å². The van der Waals surface area contributed by atoms with Crippen LogP contribution < -0.4 is 16.6 Å². The second kappa shape index (κ2) is 11.7. The molecule has 0 aromatic carbocycles. The zero-order chi connectivity index (χ0) is 22.0. The van der Waals surface area contributed by atoms with Gasteiger partial charge < -0.3 is 11.1 Å². The van der Waals surface area contributed by atoms with Crippen LogP contribution in [0.4, 0.5) is 5.69 Å². The van der Waals surface area contributed by atoms with Crippen LogP contribution in [0, 0.1) is 0 Å². The third-order valence-electron chi connectivity index (χ3n) is 3.76. The van der Waals surface area contributed by atoms with E-state index in [-0.39, 0.29) is 24.1 Å². The van der Waals surface area contributed by atoms with E-state index in [2.05, 4.69) is 20.4 Å². The Bertz CT molecular complexity index is 876. The van der Waals surface area contributed by atoms with Crippen molar-refractivity contribution in [1.29, 1.82) is 0 Å². The van der Waals surface area contributed by atoms with Crippen LogP contribution in [-0.2, 0) is 11.3 Å². The van der Waals surface area contributed by atoms with E-state index in [0.717, 1.165) is 4.68 Å². The van der Waals surface area contributed by atoms with E-state index in [9.17, 15) is 9.59 Å². The molecule has 1 heterocycles. The van der Waals surface area contributed by atoms with Gasteiger partial charge in [0.05, 0.1) is 16.9 Å².